The van der Waals surface area contributed by atoms with E-state index >= 15 is 0 Å². The molecule has 0 unspecified atom stereocenters. The summed E-state index contributed by atoms with van der Waals surface area (Å²) in [7, 11) is 0. The van der Waals surface area contributed by atoms with Gasteiger partial charge in [0.15, 0.2) is 5.04 Å². The molecule has 12 heteroatoms. The van der Waals surface area contributed by atoms with Crippen molar-refractivity contribution in [2.24, 2.45) is 4.99 Å². The van der Waals surface area contributed by atoms with E-state index in [0.717, 1.165) is 10.5 Å². The van der Waals surface area contributed by atoms with Crippen molar-refractivity contribution in [2.45, 2.75) is 6.18 Å². The molecule has 0 aromatic heterocycles. The van der Waals surface area contributed by atoms with Gasteiger partial charge in [0.25, 0.3) is 11.6 Å². The average Bonchev–Trinajstić information content (AvgIpc) is 2.87. The van der Waals surface area contributed by atoms with Gasteiger partial charge >= 0.3 is 6.18 Å². The molecule has 0 fully saturated rings. The van der Waals surface area contributed by atoms with Gasteiger partial charge < -0.3 is 0 Å². The third-order valence-corrected chi connectivity index (χ3v) is 4.31. The SMILES string of the molecule is O=C(NN1CN=C(C(F)(F)F)S1)c1cc([N+](=O)[O-])ccc1I. The van der Waals surface area contributed by atoms with Gasteiger partial charge in [-0.2, -0.15) is 13.2 Å². The van der Waals surface area contributed by atoms with E-state index in [2.05, 4.69) is 10.4 Å². The maximum Gasteiger partial charge on any atom is 0.440 e. The van der Waals surface area contributed by atoms with Crippen LogP contribution in [0.3, 0.4) is 0 Å². The number of hydrogen-bond donors (Lipinski definition) is 1. The minimum Gasteiger partial charge on any atom is -0.273 e. The minimum absolute atomic E-state index is 0.00383. The lowest BCUT2D eigenvalue weighted by molar-refractivity contribution is -0.384. The second kappa shape index (κ2) is 6.37. The van der Waals surface area contributed by atoms with E-state index in [4.69, 9.17) is 0 Å². The van der Waals surface area contributed by atoms with Crippen molar-refractivity contribution in [3.8, 4) is 0 Å². The summed E-state index contributed by atoms with van der Waals surface area (Å²) in [5.41, 5.74) is 1.93. The Morgan fingerprint density at radius 3 is 2.73 bits per heavy atom. The highest BCUT2D eigenvalue weighted by atomic mass is 127. The van der Waals surface area contributed by atoms with Gasteiger partial charge in [0, 0.05) is 27.7 Å². The van der Waals surface area contributed by atoms with Crippen LogP contribution in [0.2, 0.25) is 0 Å². The summed E-state index contributed by atoms with van der Waals surface area (Å²) in [5, 5.41) is 9.63. The van der Waals surface area contributed by atoms with Crippen LogP contribution in [-0.2, 0) is 0 Å². The van der Waals surface area contributed by atoms with E-state index in [0.29, 0.717) is 3.57 Å². The van der Waals surface area contributed by atoms with Gasteiger partial charge in [-0.1, -0.05) is 0 Å². The number of hydrazine groups is 1. The van der Waals surface area contributed by atoms with Crippen molar-refractivity contribution < 1.29 is 22.9 Å². The summed E-state index contributed by atoms with van der Waals surface area (Å²) in [6.07, 6.45) is -4.58. The lowest BCUT2D eigenvalue weighted by Crippen LogP contribution is -2.37. The smallest absolute Gasteiger partial charge is 0.273 e. The Balaban J connectivity index is 2.08. The molecule has 0 bridgehead atoms. The molecule has 0 aliphatic carbocycles. The minimum atomic E-state index is -4.58. The number of amides is 1. The molecule has 1 aliphatic heterocycles. The number of nitrogens with one attached hydrogen (secondary N) is 1. The van der Waals surface area contributed by atoms with E-state index in [1.165, 1.54) is 12.1 Å². The number of nitro groups is 1. The molecule has 0 saturated heterocycles. The molecule has 0 atom stereocenters. The summed E-state index contributed by atoms with van der Waals surface area (Å²) in [6.45, 7) is -0.364. The lowest BCUT2D eigenvalue weighted by atomic mass is 10.2. The van der Waals surface area contributed by atoms with Crippen LogP contribution in [0.5, 0.6) is 0 Å². The zero-order valence-electron chi connectivity index (χ0n) is 10.4. The number of non-ortho nitro benzene ring substituents is 1. The highest BCUT2D eigenvalue weighted by Gasteiger charge is 2.41. The molecule has 1 aromatic carbocycles. The molecule has 0 saturated carbocycles. The summed E-state index contributed by atoms with van der Waals surface area (Å²) >= 11 is 2.05. The maximum absolute atomic E-state index is 12.4. The number of carbonyl (C=O) groups excluding carboxylic acids is 1. The Bertz CT molecular complexity index is 667. The highest BCUT2D eigenvalue weighted by Crippen LogP contribution is 2.30. The number of carbonyl (C=O) groups is 1. The van der Waals surface area contributed by atoms with Gasteiger partial charge in [-0.25, -0.2) is 0 Å². The Morgan fingerprint density at radius 2 is 2.18 bits per heavy atom. The largest absolute Gasteiger partial charge is 0.440 e. The molecule has 2 rings (SSSR count). The maximum atomic E-state index is 12.4. The van der Waals surface area contributed by atoms with E-state index < -0.39 is 22.1 Å². The fourth-order valence-electron chi connectivity index (χ4n) is 1.46. The quantitative estimate of drug-likeness (QED) is 0.334. The molecule has 1 amide bonds. The number of nitro benzene ring substituents is 1. The summed E-state index contributed by atoms with van der Waals surface area (Å²) < 4.78 is 38.6. The number of halogens is 4. The summed E-state index contributed by atoms with van der Waals surface area (Å²) in [4.78, 5) is 25.3. The van der Waals surface area contributed by atoms with Crippen LogP contribution in [0, 0.1) is 13.7 Å². The lowest BCUT2D eigenvalue weighted by Gasteiger charge is -2.15. The van der Waals surface area contributed by atoms with Crippen molar-refractivity contribution in [3.05, 3.63) is 37.4 Å². The van der Waals surface area contributed by atoms with E-state index in [1.807, 2.05) is 0 Å². The molecule has 1 N–H and O–H groups in total. The Kier molecular flexibility index (Phi) is 4.91. The first-order chi connectivity index (χ1) is 10.2. The second-order valence-corrected chi connectivity index (χ2v) is 6.11. The molecule has 1 aliphatic rings. The third kappa shape index (κ3) is 3.86. The molecule has 0 radical (unpaired) electrons. The first-order valence-electron chi connectivity index (χ1n) is 5.50. The fraction of sp³-hybridized carbons (Fsp3) is 0.200. The predicted molar refractivity (Wildman–Crippen MR) is 81.1 cm³/mol. The Morgan fingerprint density at radius 1 is 1.50 bits per heavy atom. The molecule has 1 heterocycles. The first kappa shape index (κ1) is 17.0. The monoisotopic (exact) mass is 446 g/mol. The van der Waals surface area contributed by atoms with Crippen LogP contribution in [0.15, 0.2) is 23.2 Å². The van der Waals surface area contributed by atoms with Crippen LogP contribution < -0.4 is 5.43 Å². The molecule has 7 nitrogen and oxygen atoms in total. The van der Waals surface area contributed by atoms with Crippen molar-refractivity contribution >= 4 is 51.2 Å². The average molecular weight is 446 g/mol. The predicted octanol–water partition coefficient (Wildman–Crippen LogP) is 2.73. The second-order valence-electron chi connectivity index (χ2n) is 3.93. The van der Waals surface area contributed by atoms with Crippen molar-refractivity contribution in [1.82, 2.24) is 9.84 Å². The third-order valence-electron chi connectivity index (χ3n) is 2.41. The zero-order chi connectivity index (χ0) is 16.5. The van der Waals surface area contributed by atoms with Gasteiger partial charge in [-0.3, -0.25) is 25.3 Å². The van der Waals surface area contributed by atoms with E-state index in [1.54, 1.807) is 22.6 Å². The standard InChI is InChI=1S/C10H6F3IN4O3S/c11-10(12,13)9-15-4-17(22-9)16-8(19)6-3-5(18(20)21)1-2-7(6)14/h1-3H,4H2,(H,16,19). The number of nitrogens with zero attached hydrogens (tertiary/aromatic N) is 3. The van der Waals surface area contributed by atoms with Crippen LogP contribution in [0.25, 0.3) is 0 Å². The molecule has 0 spiro atoms. The molecular formula is C10H6F3IN4O3S. The first-order valence-corrected chi connectivity index (χ1v) is 7.36. The highest BCUT2D eigenvalue weighted by molar-refractivity contribution is 14.1. The van der Waals surface area contributed by atoms with Gasteiger partial charge in [-0.15, -0.1) is 4.41 Å². The van der Waals surface area contributed by atoms with Gasteiger partial charge in [0.1, 0.15) is 6.67 Å². The van der Waals surface area contributed by atoms with Crippen molar-refractivity contribution in [1.29, 1.82) is 0 Å². The van der Waals surface area contributed by atoms with Gasteiger partial charge in [0.05, 0.1) is 10.5 Å². The van der Waals surface area contributed by atoms with E-state index in [9.17, 15) is 28.1 Å². The molecule has 118 valence electrons. The van der Waals surface area contributed by atoms with E-state index in [-0.39, 0.29) is 29.9 Å². The summed E-state index contributed by atoms with van der Waals surface area (Å²) in [6, 6.07) is 3.67. The Labute approximate surface area is 139 Å². The number of benzene rings is 1. The molecule has 1 aromatic rings. The van der Waals surface area contributed by atoms with Crippen LogP contribution in [0.1, 0.15) is 10.4 Å². The van der Waals surface area contributed by atoms with Crippen LogP contribution >= 0.6 is 34.5 Å². The van der Waals surface area contributed by atoms with Crippen LogP contribution in [0.4, 0.5) is 18.9 Å². The topological polar surface area (TPSA) is 87.8 Å². The number of alkyl halides is 3. The number of aliphatic imine (C=N–C) groups is 1. The normalized spacial score (nSPS) is 15.5. The molecule has 22 heavy (non-hydrogen) atoms. The Hall–Kier alpha value is -1.41. The van der Waals surface area contributed by atoms with Crippen LogP contribution in [-0.4, -0.2) is 33.1 Å². The number of rotatable bonds is 3. The zero-order valence-corrected chi connectivity index (χ0v) is 13.4. The van der Waals surface area contributed by atoms with Gasteiger partial charge in [0.2, 0.25) is 0 Å². The van der Waals surface area contributed by atoms with Gasteiger partial charge in [-0.05, 0) is 28.7 Å². The van der Waals surface area contributed by atoms with Crippen molar-refractivity contribution in [3.63, 3.8) is 0 Å². The molecular weight excluding hydrogens is 440 g/mol. The fourth-order valence-corrected chi connectivity index (χ4v) is 2.72. The summed E-state index contributed by atoms with van der Waals surface area (Å²) in [5.74, 6) is -0.751. The number of hydrogen-bond acceptors (Lipinski definition) is 6. The van der Waals surface area contributed by atoms with Crippen molar-refractivity contribution in [2.75, 3.05) is 6.67 Å².